The van der Waals surface area contributed by atoms with Gasteiger partial charge in [-0.25, -0.2) is 0 Å². The third-order valence-corrected chi connectivity index (χ3v) is 19.3. The van der Waals surface area contributed by atoms with Crippen LogP contribution in [0.15, 0.2) is 113 Å². The van der Waals surface area contributed by atoms with Gasteiger partial charge in [0, 0.05) is 15.2 Å². The lowest BCUT2D eigenvalue weighted by molar-refractivity contribution is -0.235. The Morgan fingerprint density at radius 1 is 0.500 bits per heavy atom. The summed E-state index contributed by atoms with van der Waals surface area (Å²) in [4.78, 5) is 5.83. The van der Waals surface area contributed by atoms with E-state index in [1.165, 1.54) is 100 Å². The van der Waals surface area contributed by atoms with Crippen LogP contribution < -0.4 is 4.90 Å². The van der Waals surface area contributed by atoms with E-state index in [1.807, 2.05) is 0 Å². The van der Waals surface area contributed by atoms with Gasteiger partial charge in [0.1, 0.15) is 0 Å². The van der Waals surface area contributed by atoms with Crippen molar-refractivity contribution in [1.29, 1.82) is 0 Å². The van der Waals surface area contributed by atoms with Crippen molar-refractivity contribution in [1.82, 2.24) is 0 Å². The maximum absolute atomic E-state index is 2.83. The largest absolute Gasteiger partial charge is 0.309 e. The molecule has 5 aromatic rings. The summed E-state index contributed by atoms with van der Waals surface area (Å²) in [5, 5.41) is 0. The van der Waals surface area contributed by atoms with Crippen molar-refractivity contribution in [2.24, 2.45) is 29.1 Å². The summed E-state index contributed by atoms with van der Waals surface area (Å²) in [6.07, 6.45) is 10.6. The van der Waals surface area contributed by atoms with E-state index in [9.17, 15) is 0 Å². The van der Waals surface area contributed by atoms with Crippen molar-refractivity contribution in [3.05, 3.63) is 137 Å². The molecule has 58 heavy (non-hydrogen) atoms. The van der Waals surface area contributed by atoms with Crippen LogP contribution in [-0.2, 0) is 27.1 Å². The molecule has 6 aliphatic carbocycles. The third kappa shape index (κ3) is 4.42. The first-order valence-corrected chi connectivity index (χ1v) is 23.6. The molecule has 4 fully saturated rings. The Balaban J connectivity index is 1.15. The smallest absolute Gasteiger partial charge is 0.0604 e. The Kier molecular flexibility index (Phi) is 7.19. The van der Waals surface area contributed by atoms with Crippen LogP contribution in [-0.4, -0.2) is 0 Å². The molecular formula is C56H61NS. The van der Waals surface area contributed by atoms with Crippen molar-refractivity contribution in [2.45, 2.75) is 144 Å². The van der Waals surface area contributed by atoms with Crippen molar-refractivity contribution < 1.29 is 0 Å². The fraction of sp³-hybridized carbons (Fsp3) is 0.464. The summed E-state index contributed by atoms with van der Waals surface area (Å²) in [5.41, 5.74) is 17.3. The van der Waals surface area contributed by atoms with Gasteiger partial charge in [0.25, 0.3) is 0 Å². The molecule has 5 aromatic carbocycles. The highest BCUT2D eigenvalue weighted by Crippen LogP contribution is 2.89. The molecule has 4 unspecified atom stereocenters. The zero-order valence-corrected chi connectivity index (χ0v) is 37.0. The summed E-state index contributed by atoms with van der Waals surface area (Å²) in [6, 6.07) is 41.1. The highest BCUT2D eigenvalue weighted by Gasteiger charge is 2.84. The molecule has 0 N–H and O–H groups in total. The van der Waals surface area contributed by atoms with E-state index >= 15 is 0 Å². The van der Waals surface area contributed by atoms with Crippen LogP contribution in [0, 0.1) is 29.1 Å². The average Bonchev–Trinajstić information content (AvgIpc) is 3.74. The molecule has 296 valence electrons. The quantitative estimate of drug-likeness (QED) is 0.179. The summed E-state index contributed by atoms with van der Waals surface area (Å²) in [5.74, 6) is 3.35. The number of fused-ring (bicyclic) bond motifs is 9. The minimum atomic E-state index is 0.0529. The fourth-order valence-electron chi connectivity index (χ4n) is 15.3. The van der Waals surface area contributed by atoms with Gasteiger partial charge in [-0.2, -0.15) is 0 Å². The first-order chi connectivity index (χ1) is 27.7. The van der Waals surface area contributed by atoms with Crippen molar-refractivity contribution in [3.63, 3.8) is 0 Å². The first-order valence-electron chi connectivity index (χ1n) is 22.8. The Hall–Kier alpha value is -3.75. The van der Waals surface area contributed by atoms with E-state index in [1.54, 1.807) is 22.3 Å². The number of benzene rings is 5. The number of anilines is 3. The van der Waals surface area contributed by atoms with E-state index < -0.39 is 0 Å². The fourth-order valence-corrected chi connectivity index (χ4v) is 16.6. The number of nitrogens with zero attached hydrogens (tertiary/aromatic N) is 1. The molecule has 4 saturated carbocycles. The summed E-state index contributed by atoms with van der Waals surface area (Å²) in [6.45, 7) is 20.1. The second-order valence-electron chi connectivity index (χ2n) is 22.7. The molecule has 0 saturated heterocycles. The number of rotatable bonds is 4. The van der Waals surface area contributed by atoms with Crippen molar-refractivity contribution in [3.8, 4) is 11.1 Å². The van der Waals surface area contributed by atoms with Gasteiger partial charge in [-0.1, -0.05) is 140 Å². The maximum atomic E-state index is 2.83. The second kappa shape index (κ2) is 11.5. The van der Waals surface area contributed by atoms with Gasteiger partial charge in [0.05, 0.1) is 17.1 Å². The molecule has 2 bridgehead atoms. The predicted octanol–water partition coefficient (Wildman–Crippen LogP) is 15.3. The molecule has 6 atom stereocenters. The van der Waals surface area contributed by atoms with E-state index in [-0.39, 0.29) is 27.1 Å². The first kappa shape index (κ1) is 36.1. The number of hydrogen-bond acceptors (Lipinski definition) is 2. The molecule has 7 aliphatic rings. The van der Waals surface area contributed by atoms with Crippen LogP contribution in [0.2, 0.25) is 0 Å². The van der Waals surface area contributed by atoms with E-state index in [0.29, 0.717) is 5.41 Å². The second-order valence-corrected chi connectivity index (χ2v) is 23.7. The summed E-state index contributed by atoms with van der Waals surface area (Å²) >= 11 is 2.09. The van der Waals surface area contributed by atoms with Gasteiger partial charge in [-0.3, -0.25) is 0 Å². The highest BCUT2D eigenvalue weighted by atomic mass is 32.2. The van der Waals surface area contributed by atoms with Crippen LogP contribution in [0.5, 0.6) is 0 Å². The van der Waals surface area contributed by atoms with Gasteiger partial charge in [0.15, 0.2) is 0 Å². The lowest BCUT2D eigenvalue weighted by Gasteiger charge is -2.78. The monoisotopic (exact) mass is 779 g/mol. The molecule has 1 heterocycles. The van der Waals surface area contributed by atoms with Crippen LogP contribution >= 0.6 is 11.8 Å². The Bertz CT molecular complexity index is 2480. The van der Waals surface area contributed by atoms with Crippen LogP contribution in [0.3, 0.4) is 0 Å². The van der Waals surface area contributed by atoms with Crippen molar-refractivity contribution >= 4 is 28.8 Å². The number of hydrogen-bond donors (Lipinski definition) is 0. The normalized spacial score (nSPS) is 31.5. The van der Waals surface area contributed by atoms with Crippen LogP contribution in [0.4, 0.5) is 17.1 Å². The molecule has 0 aromatic heterocycles. The highest BCUT2D eigenvalue weighted by molar-refractivity contribution is 7.99. The van der Waals surface area contributed by atoms with Gasteiger partial charge < -0.3 is 4.90 Å². The molecule has 1 nitrogen and oxygen atoms in total. The maximum Gasteiger partial charge on any atom is 0.0604 e. The topological polar surface area (TPSA) is 3.24 Å². The molecule has 0 radical (unpaired) electrons. The summed E-state index contributed by atoms with van der Waals surface area (Å²) in [7, 11) is 0. The Labute approximate surface area is 352 Å². The molecule has 0 amide bonds. The van der Waals surface area contributed by atoms with Crippen molar-refractivity contribution in [2.75, 3.05) is 4.90 Å². The van der Waals surface area contributed by atoms with E-state index in [2.05, 4.69) is 175 Å². The molecule has 1 aliphatic heterocycles. The van der Waals surface area contributed by atoms with Crippen LogP contribution in [0.1, 0.15) is 140 Å². The Morgan fingerprint density at radius 3 is 1.69 bits per heavy atom. The minimum absolute atomic E-state index is 0.0529. The average molecular weight is 780 g/mol. The third-order valence-electron chi connectivity index (χ3n) is 18.1. The Morgan fingerprint density at radius 2 is 1.07 bits per heavy atom. The molecule has 12 rings (SSSR count). The molecule has 2 spiro atoms. The predicted molar refractivity (Wildman–Crippen MR) is 243 cm³/mol. The molecular weight excluding hydrogens is 719 g/mol. The van der Waals surface area contributed by atoms with E-state index in [4.69, 9.17) is 0 Å². The molecule has 2 heteroatoms. The van der Waals surface area contributed by atoms with E-state index in [0.717, 1.165) is 23.7 Å². The van der Waals surface area contributed by atoms with Gasteiger partial charge in [-0.15, -0.1) is 0 Å². The van der Waals surface area contributed by atoms with Gasteiger partial charge in [0.2, 0.25) is 0 Å². The standard InChI is InChI=1S/C56H61NS/c1-51(2)25-27-53(5,6)48-38(51)17-12-20-42(48)57(43-21-13-18-39-49(43)54(7,8)28-26-52(39,3)4)44-22-14-19-40-50(44)58-45-24-23-36(35-15-10-9-11-16-35)31-41(45)56(40)46-30-34-29-37-32-47(56)55(37,46)33-34/h9-24,31,34,37,46-47H,25-30,32-33H2,1-8H3/t34?,37?,46?,47-,55-,56?/m0/s1. The SMILES string of the molecule is CC1(C)CCC(C)(C)c2c(N(c3cccc4c3Sc3ccc(-c5ccccc5)cc3C43C4CC5CC6C[C@H]3[C@@]64C5)c3cccc4c3C(C)(C)CCC4(C)C)cccc21. The van der Waals surface area contributed by atoms with Crippen LogP contribution in [0.25, 0.3) is 11.1 Å². The van der Waals surface area contributed by atoms with Gasteiger partial charge in [-0.05, 0) is 177 Å². The summed E-state index contributed by atoms with van der Waals surface area (Å²) < 4.78 is 0. The zero-order valence-electron chi connectivity index (χ0n) is 36.1. The van der Waals surface area contributed by atoms with Gasteiger partial charge >= 0.3 is 0 Å². The lowest BCUT2D eigenvalue weighted by atomic mass is 9.26. The lowest BCUT2D eigenvalue weighted by Crippen LogP contribution is -2.74. The zero-order chi connectivity index (χ0) is 39.8. The minimum Gasteiger partial charge on any atom is -0.309 e.